The number of phenolic OH excluding ortho intramolecular Hbond substituents is 2. The van der Waals surface area contributed by atoms with Crippen LogP contribution in [0.15, 0.2) is 72.8 Å². The molecule has 1 heterocycles. The van der Waals surface area contributed by atoms with Gasteiger partial charge in [0.15, 0.2) is 0 Å². The summed E-state index contributed by atoms with van der Waals surface area (Å²) in [5.41, 5.74) is 0.0858. The molecule has 160 valence electrons. The van der Waals surface area contributed by atoms with Gasteiger partial charge in [-0.25, -0.2) is 4.79 Å². The fourth-order valence-electron chi connectivity index (χ4n) is 2.71. The van der Waals surface area contributed by atoms with Crippen molar-refractivity contribution in [3.8, 4) is 17.2 Å². The van der Waals surface area contributed by atoms with Crippen LogP contribution in [0.5, 0.6) is 17.2 Å². The van der Waals surface area contributed by atoms with E-state index in [1.807, 2.05) is 24.3 Å². The Kier molecular flexibility index (Phi) is 6.73. The lowest BCUT2D eigenvalue weighted by Crippen LogP contribution is -2.11. The maximum Gasteiger partial charge on any atom is 0.344 e. The van der Waals surface area contributed by atoms with Gasteiger partial charge < -0.3 is 19.7 Å². The van der Waals surface area contributed by atoms with Gasteiger partial charge in [0, 0.05) is 10.6 Å². The second-order valence-electron chi connectivity index (χ2n) is 6.38. The Morgan fingerprint density at radius 3 is 1.97 bits per heavy atom. The number of aromatic hydroxyl groups is 2. The highest BCUT2D eigenvalue weighted by molar-refractivity contribution is 9.48. The van der Waals surface area contributed by atoms with E-state index in [1.54, 1.807) is 58.4 Å². The molecule has 4 rings (SSSR count). The first kappa shape index (κ1) is 22.7. The summed E-state index contributed by atoms with van der Waals surface area (Å²) in [5, 5.41) is 21.3. The monoisotopic (exact) mass is 526 g/mol. The Balaban J connectivity index is 1.34. The molecule has 0 aromatic heterocycles. The topological polar surface area (TPSA) is 76.0 Å². The normalized spacial score (nSPS) is 22.3. The Morgan fingerprint density at radius 2 is 1.39 bits per heavy atom. The van der Waals surface area contributed by atoms with E-state index in [2.05, 4.69) is 0 Å². The fourth-order valence-corrected chi connectivity index (χ4v) is 45.0. The van der Waals surface area contributed by atoms with Crippen LogP contribution in [0.4, 0.5) is 0 Å². The first-order valence-corrected chi connectivity index (χ1v) is 18.6. The van der Waals surface area contributed by atoms with Gasteiger partial charge in [-0.15, -0.1) is 0 Å². The Labute approximate surface area is 197 Å². The van der Waals surface area contributed by atoms with E-state index in [9.17, 15) is 15.0 Å². The predicted molar refractivity (Wildman–Crippen MR) is 137 cm³/mol. The number of para-hydroxylation sites is 1. The van der Waals surface area contributed by atoms with E-state index in [0.29, 0.717) is 5.75 Å². The molecule has 2 N–H and O–H groups in total. The molecule has 0 bridgehead atoms. The molecule has 1 saturated heterocycles. The van der Waals surface area contributed by atoms with Crippen molar-refractivity contribution in [3.05, 3.63) is 78.4 Å². The SMILES string of the molecule is O=C(OCOc1ccc(P2(=S)SP(=S)(c3ccc(O)cc3)S2)cc1)c1ccccc1O. The molecule has 0 amide bonds. The Morgan fingerprint density at radius 1 is 0.839 bits per heavy atom. The number of carbonyl (C=O) groups is 1. The van der Waals surface area contributed by atoms with Gasteiger partial charge >= 0.3 is 5.97 Å². The lowest BCUT2D eigenvalue weighted by atomic mass is 10.2. The molecule has 0 spiro atoms. The van der Waals surface area contributed by atoms with Crippen molar-refractivity contribution in [2.45, 2.75) is 0 Å². The number of carbonyl (C=O) groups excluding carboxylic acids is 1. The second kappa shape index (κ2) is 9.18. The zero-order valence-electron chi connectivity index (χ0n) is 15.8. The summed E-state index contributed by atoms with van der Waals surface area (Å²) < 4.78 is 6.83. The molecule has 5 nitrogen and oxygen atoms in total. The molecule has 1 aliphatic heterocycles. The minimum absolute atomic E-state index is 0.0858. The molecular formula is C20H16O5P2S4. The van der Waals surface area contributed by atoms with Crippen molar-refractivity contribution in [1.82, 2.24) is 0 Å². The van der Waals surface area contributed by atoms with Crippen molar-refractivity contribution >= 4 is 71.1 Å². The molecule has 11 heteroatoms. The summed E-state index contributed by atoms with van der Waals surface area (Å²) in [6, 6.07) is 20.7. The number of esters is 1. The van der Waals surface area contributed by atoms with Crippen molar-refractivity contribution < 1.29 is 24.5 Å². The molecular weight excluding hydrogens is 510 g/mol. The zero-order valence-corrected chi connectivity index (χ0v) is 20.8. The standard InChI is InChI=1S/C20H16O5P2S4/c21-14-5-9-16(10-6-14)26(28)30-27(29,31-26)17-11-7-15(8-12-17)24-13-25-20(23)18-3-1-2-4-19(18)22/h1-12,21-22H,13H2. The van der Waals surface area contributed by atoms with E-state index in [-0.39, 0.29) is 23.9 Å². The van der Waals surface area contributed by atoms with Gasteiger partial charge in [0.25, 0.3) is 0 Å². The highest BCUT2D eigenvalue weighted by atomic mass is 33.7. The van der Waals surface area contributed by atoms with Gasteiger partial charge in [0.2, 0.25) is 6.79 Å². The lowest BCUT2D eigenvalue weighted by Gasteiger charge is -2.40. The molecule has 0 radical (unpaired) electrons. The lowest BCUT2D eigenvalue weighted by molar-refractivity contribution is 0.0151. The molecule has 3 aromatic carbocycles. The Hall–Kier alpha value is -1.47. The van der Waals surface area contributed by atoms with E-state index < -0.39 is 14.9 Å². The van der Waals surface area contributed by atoms with Gasteiger partial charge in [-0.1, -0.05) is 57.7 Å². The smallest absolute Gasteiger partial charge is 0.344 e. The van der Waals surface area contributed by atoms with Gasteiger partial charge in [-0.2, -0.15) is 0 Å². The number of benzene rings is 3. The minimum atomic E-state index is -1.87. The van der Waals surface area contributed by atoms with Crippen molar-refractivity contribution in [2.24, 2.45) is 0 Å². The summed E-state index contributed by atoms with van der Waals surface area (Å²) in [6.07, 6.45) is 0. The van der Waals surface area contributed by atoms with Crippen LogP contribution in [0.25, 0.3) is 0 Å². The third kappa shape index (κ3) is 4.98. The summed E-state index contributed by atoms with van der Waals surface area (Å²) in [5.74, 6) is -0.0292. The average molecular weight is 527 g/mol. The third-order valence-electron chi connectivity index (χ3n) is 4.29. The molecule has 0 saturated carbocycles. The van der Waals surface area contributed by atoms with E-state index in [0.717, 1.165) is 10.6 Å². The summed E-state index contributed by atoms with van der Waals surface area (Å²) in [6.45, 7) is -0.272. The van der Waals surface area contributed by atoms with E-state index >= 15 is 0 Å². The van der Waals surface area contributed by atoms with Crippen LogP contribution in [0, 0.1) is 0 Å². The molecule has 31 heavy (non-hydrogen) atoms. The minimum Gasteiger partial charge on any atom is -0.508 e. The van der Waals surface area contributed by atoms with Crippen LogP contribution < -0.4 is 15.3 Å². The molecule has 0 atom stereocenters. The first-order valence-electron chi connectivity index (χ1n) is 8.90. The van der Waals surface area contributed by atoms with E-state index in [1.165, 1.54) is 12.1 Å². The van der Waals surface area contributed by atoms with Gasteiger partial charge in [-0.05, 0) is 60.7 Å². The predicted octanol–water partition coefficient (Wildman–Crippen LogP) is 5.34. The van der Waals surface area contributed by atoms with Crippen LogP contribution in [0.1, 0.15) is 10.4 Å². The van der Waals surface area contributed by atoms with Crippen molar-refractivity contribution in [1.29, 1.82) is 0 Å². The second-order valence-corrected chi connectivity index (χ2v) is 27.7. The summed E-state index contributed by atoms with van der Waals surface area (Å²) in [4.78, 5) is 12.0. The first-order chi connectivity index (χ1) is 14.8. The van der Waals surface area contributed by atoms with E-state index in [4.69, 9.17) is 33.1 Å². The highest BCUT2D eigenvalue weighted by Gasteiger charge is 2.45. The maximum absolute atomic E-state index is 12.0. The average Bonchev–Trinajstić information content (AvgIpc) is 2.74. The molecule has 1 fully saturated rings. The highest BCUT2D eigenvalue weighted by Crippen LogP contribution is 3.04. The van der Waals surface area contributed by atoms with Gasteiger partial charge in [0.1, 0.15) is 22.8 Å². The number of ether oxygens (including phenoxy) is 2. The molecule has 3 aromatic rings. The number of phenols is 2. The van der Waals surface area contributed by atoms with Crippen LogP contribution in [-0.2, 0) is 28.4 Å². The number of rotatable bonds is 6. The number of hydrogen-bond donors (Lipinski definition) is 2. The van der Waals surface area contributed by atoms with Crippen LogP contribution in [0.2, 0.25) is 0 Å². The molecule has 1 aliphatic rings. The quantitative estimate of drug-likeness (QED) is 0.251. The fraction of sp³-hybridized carbons (Fsp3) is 0.0500. The van der Waals surface area contributed by atoms with Crippen LogP contribution in [-0.4, -0.2) is 23.0 Å². The number of hydrogen-bond acceptors (Lipinski definition) is 9. The van der Waals surface area contributed by atoms with Gasteiger partial charge in [-0.3, -0.25) is 0 Å². The molecule has 0 unspecified atom stereocenters. The van der Waals surface area contributed by atoms with Crippen LogP contribution in [0.3, 0.4) is 0 Å². The zero-order chi connectivity index (χ0) is 22.1. The summed E-state index contributed by atoms with van der Waals surface area (Å²) >= 11 is 15.2. The van der Waals surface area contributed by atoms with Gasteiger partial charge in [0.05, 0.1) is 8.88 Å². The summed E-state index contributed by atoms with van der Waals surface area (Å²) in [7, 11) is 0. The third-order valence-corrected chi connectivity index (χ3v) is 35.5. The largest absolute Gasteiger partial charge is 0.508 e. The molecule has 0 aliphatic carbocycles. The Bertz CT molecular complexity index is 1200. The maximum atomic E-state index is 12.0. The van der Waals surface area contributed by atoms with Crippen LogP contribution >= 0.6 is 30.9 Å². The van der Waals surface area contributed by atoms with Crippen molar-refractivity contribution in [2.75, 3.05) is 6.79 Å². The van der Waals surface area contributed by atoms with Crippen molar-refractivity contribution in [3.63, 3.8) is 0 Å².